The zero-order valence-corrected chi connectivity index (χ0v) is 13.2. The Morgan fingerprint density at radius 2 is 1.47 bits per heavy atom. The van der Waals surface area contributed by atoms with E-state index in [1.54, 1.807) is 0 Å². The molecule has 0 aromatic heterocycles. The van der Waals surface area contributed by atoms with Crippen LogP contribution < -0.4 is 0 Å². The number of unbranched alkanes of at least 4 members (excludes halogenated alkanes) is 9. The summed E-state index contributed by atoms with van der Waals surface area (Å²) in [6.45, 7) is 6.81. The highest BCUT2D eigenvalue weighted by Gasteiger charge is 2.01. The maximum atomic E-state index is 2.43. The van der Waals surface area contributed by atoms with E-state index in [1.807, 2.05) is 0 Å². The summed E-state index contributed by atoms with van der Waals surface area (Å²) in [5.41, 5.74) is 1.40. The summed E-state index contributed by atoms with van der Waals surface area (Å²) in [7, 11) is 0. The van der Waals surface area contributed by atoms with Crippen molar-refractivity contribution in [2.45, 2.75) is 78.1 Å². The summed E-state index contributed by atoms with van der Waals surface area (Å²) in [6.07, 6.45) is 21.0. The van der Waals surface area contributed by atoms with Crippen molar-refractivity contribution in [3.05, 3.63) is 23.9 Å². The fourth-order valence-electron chi connectivity index (χ4n) is 2.58. The predicted molar refractivity (Wildman–Crippen MR) is 86.3 cm³/mol. The molecule has 19 heavy (non-hydrogen) atoms. The Morgan fingerprint density at radius 3 is 2.00 bits per heavy atom. The SMILES string of the molecule is CCCCCCCCCCCCN1C=CC(C)=CC1. The molecule has 0 atom stereocenters. The molecule has 1 rings (SSSR count). The van der Waals surface area contributed by atoms with Crippen molar-refractivity contribution >= 4 is 0 Å². The van der Waals surface area contributed by atoms with E-state index in [1.165, 1.54) is 76.3 Å². The molecule has 110 valence electrons. The number of allylic oxidation sites excluding steroid dienone is 2. The zero-order chi connectivity index (χ0) is 13.8. The summed E-state index contributed by atoms with van der Waals surface area (Å²) >= 11 is 0. The fourth-order valence-corrected chi connectivity index (χ4v) is 2.58. The van der Waals surface area contributed by atoms with Crippen LogP contribution in [0.15, 0.2) is 23.9 Å². The van der Waals surface area contributed by atoms with Gasteiger partial charge in [-0.3, -0.25) is 0 Å². The van der Waals surface area contributed by atoms with Crippen molar-refractivity contribution in [1.82, 2.24) is 4.90 Å². The molecule has 1 heteroatoms. The molecule has 1 nitrogen and oxygen atoms in total. The third kappa shape index (κ3) is 8.91. The molecule has 0 aromatic carbocycles. The lowest BCUT2D eigenvalue weighted by molar-refractivity contribution is 0.390. The zero-order valence-electron chi connectivity index (χ0n) is 13.2. The van der Waals surface area contributed by atoms with Gasteiger partial charge in [0.05, 0.1) is 0 Å². The maximum absolute atomic E-state index is 2.43. The number of nitrogens with zero attached hydrogens (tertiary/aromatic N) is 1. The van der Waals surface area contributed by atoms with Crippen molar-refractivity contribution in [2.24, 2.45) is 0 Å². The van der Waals surface area contributed by atoms with Gasteiger partial charge in [0.1, 0.15) is 0 Å². The molecular formula is C18H33N. The Hall–Kier alpha value is -0.720. The first kappa shape index (κ1) is 16.3. The van der Waals surface area contributed by atoms with Crippen molar-refractivity contribution < 1.29 is 0 Å². The molecule has 0 saturated heterocycles. The van der Waals surface area contributed by atoms with Crippen LogP contribution in [0.4, 0.5) is 0 Å². The molecule has 0 bridgehead atoms. The molecule has 0 aliphatic carbocycles. The Balaban J connectivity index is 1.80. The molecule has 1 heterocycles. The minimum absolute atomic E-state index is 1.11. The lowest BCUT2D eigenvalue weighted by atomic mass is 10.1. The Kier molecular flexibility index (Phi) is 9.57. The quantitative estimate of drug-likeness (QED) is 0.433. The van der Waals surface area contributed by atoms with Crippen molar-refractivity contribution in [2.75, 3.05) is 13.1 Å². The van der Waals surface area contributed by atoms with Gasteiger partial charge in [-0.1, -0.05) is 76.4 Å². The molecule has 0 N–H and O–H groups in total. The number of rotatable bonds is 11. The van der Waals surface area contributed by atoms with Gasteiger partial charge in [0.2, 0.25) is 0 Å². The van der Waals surface area contributed by atoms with Gasteiger partial charge in [-0.25, -0.2) is 0 Å². The Bertz CT molecular complexity index is 265. The van der Waals surface area contributed by atoms with E-state index < -0.39 is 0 Å². The molecule has 0 radical (unpaired) electrons. The van der Waals surface area contributed by atoms with Crippen LogP contribution in [0.5, 0.6) is 0 Å². The highest BCUT2D eigenvalue weighted by molar-refractivity contribution is 5.19. The largest absolute Gasteiger partial charge is 0.374 e. The second-order valence-electron chi connectivity index (χ2n) is 5.94. The summed E-state index contributed by atoms with van der Waals surface area (Å²) in [5, 5.41) is 0. The molecule has 1 aliphatic heterocycles. The standard InChI is InChI=1S/C18H33N/c1-3-4-5-6-7-8-9-10-11-12-15-19-16-13-18(2)14-17-19/h13-14,16H,3-12,15,17H2,1-2H3. The van der Waals surface area contributed by atoms with E-state index in [0.29, 0.717) is 0 Å². The summed E-state index contributed by atoms with van der Waals surface area (Å²) in [4.78, 5) is 2.43. The lowest BCUT2D eigenvalue weighted by Gasteiger charge is -2.21. The van der Waals surface area contributed by atoms with E-state index in [-0.39, 0.29) is 0 Å². The molecule has 0 spiro atoms. The molecule has 0 aromatic rings. The van der Waals surface area contributed by atoms with Crippen LogP contribution in [-0.2, 0) is 0 Å². The summed E-state index contributed by atoms with van der Waals surface area (Å²) in [5.74, 6) is 0. The highest BCUT2D eigenvalue weighted by atomic mass is 15.1. The van der Waals surface area contributed by atoms with Crippen LogP contribution in [0.3, 0.4) is 0 Å². The van der Waals surface area contributed by atoms with Gasteiger partial charge in [0.15, 0.2) is 0 Å². The van der Waals surface area contributed by atoms with Gasteiger partial charge in [0.25, 0.3) is 0 Å². The first-order valence-corrected chi connectivity index (χ1v) is 8.42. The monoisotopic (exact) mass is 263 g/mol. The minimum Gasteiger partial charge on any atom is -0.374 e. The Morgan fingerprint density at radius 1 is 0.895 bits per heavy atom. The van der Waals surface area contributed by atoms with Crippen LogP contribution >= 0.6 is 0 Å². The molecule has 0 saturated carbocycles. The van der Waals surface area contributed by atoms with Gasteiger partial charge in [-0.15, -0.1) is 0 Å². The molecular weight excluding hydrogens is 230 g/mol. The lowest BCUT2D eigenvalue weighted by Crippen LogP contribution is -2.20. The maximum Gasteiger partial charge on any atom is 0.0359 e. The van der Waals surface area contributed by atoms with E-state index in [0.717, 1.165) is 6.54 Å². The van der Waals surface area contributed by atoms with Crippen molar-refractivity contribution in [1.29, 1.82) is 0 Å². The average molecular weight is 263 g/mol. The smallest absolute Gasteiger partial charge is 0.0359 e. The average Bonchev–Trinajstić information content (AvgIpc) is 2.43. The van der Waals surface area contributed by atoms with Gasteiger partial charge in [-0.2, -0.15) is 0 Å². The van der Waals surface area contributed by atoms with Crippen molar-refractivity contribution in [3.63, 3.8) is 0 Å². The molecule has 0 amide bonds. The van der Waals surface area contributed by atoms with E-state index in [9.17, 15) is 0 Å². The second-order valence-corrected chi connectivity index (χ2v) is 5.94. The van der Waals surface area contributed by atoms with E-state index in [2.05, 4.69) is 37.1 Å². The van der Waals surface area contributed by atoms with E-state index in [4.69, 9.17) is 0 Å². The fraction of sp³-hybridized carbons (Fsp3) is 0.778. The van der Waals surface area contributed by atoms with Crippen LogP contribution in [0.25, 0.3) is 0 Å². The van der Waals surface area contributed by atoms with Crippen LogP contribution in [0, 0.1) is 0 Å². The Labute approximate surface area is 120 Å². The second kappa shape index (κ2) is 11.1. The van der Waals surface area contributed by atoms with Gasteiger partial charge < -0.3 is 4.90 Å². The van der Waals surface area contributed by atoms with Crippen LogP contribution in [0.1, 0.15) is 78.1 Å². The molecule has 1 aliphatic rings. The summed E-state index contributed by atoms with van der Waals surface area (Å²) < 4.78 is 0. The van der Waals surface area contributed by atoms with Crippen LogP contribution in [-0.4, -0.2) is 18.0 Å². The van der Waals surface area contributed by atoms with Crippen LogP contribution in [0.2, 0.25) is 0 Å². The first-order valence-electron chi connectivity index (χ1n) is 8.42. The molecule has 0 fully saturated rings. The van der Waals surface area contributed by atoms with Gasteiger partial charge in [-0.05, 0) is 25.6 Å². The van der Waals surface area contributed by atoms with E-state index >= 15 is 0 Å². The summed E-state index contributed by atoms with van der Waals surface area (Å²) in [6, 6.07) is 0. The topological polar surface area (TPSA) is 3.24 Å². The predicted octanol–water partition coefficient (Wildman–Crippen LogP) is 5.68. The third-order valence-electron chi connectivity index (χ3n) is 3.99. The number of hydrogen-bond donors (Lipinski definition) is 0. The number of hydrogen-bond acceptors (Lipinski definition) is 1. The third-order valence-corrected chi connectivity index (χ3v) is 3.99. The van der Waals surface area contributed by atoms with Crippen molar-refractivity contribution in [3.8, 4) is 0 Å². The van der Waals surface area contributed by atoms with Gasteiger partial charge >= 0.3 is 0 Å². The minimum atomic E-state index is 1.11. The molecule has 0 unspecified atom stereocenters. The van der Waals surface area contributed by atoms with Gasteiger partial charge in [0, 0.05) is 13.1 Å². The normalized spacial score (nSPS) is 14.8. The highest BCUT2D eigenvalue weighted by Crippen LogP contribution is 2.12. The first-order chi connectivity index (χ1) is 9.33.